The monoisotopic (exact) mass is 1120 g/mol. The van der Waals surface area contributed by atoms with E-state index in [1.807, 2.05) is 117 Å². The Kier molecular flexibility index (Phi) is 15.9. The average Bonchev–Trinajstić information content (AvgIpc) is 4.35. The summed E-state index contributed by atoms with van der Waals surface area (Å²) in [5, 5.41) is 25.2. The van der Waals surface area contributed by atoms with Crippen molar-refractivity contribution in [2.45, 2.75) is 89.1 Å². The summed E-state index contributed by atoms with van der Waals surface area (Å²) >= 11 is 0. The molecule has 428 valence electrons. The van der Waals surface area contributed by atoms with Crippen LogP contribution in [0.25, 0.3) is 66.6 Å². The van der Waals surface area contributed by atoms with Crippen LogP contribution in [0.1, 0.15) is 86.0 Å². The molecule has 0 bridgehead atoms. The number of alkyl halides is 4. The van der Waals surface area contributed by atoms with Crippen molar-refractivity contribution in [3.8, 4) is 22.5 Å². The molecule has 2 N–H and O–H groups in total. The van der Waals surface area contributed by atoms with Gasteiger partial charge in [-0.2, -0.15) is 0 Å². The van der Waals surface area contributed by atoms with E-state index >= 15 is 0 Å². The Labute approximate surface area is 475 Å². The number of halogens is 4. The molecule has 16 nitrogen and oxygen atoms in total. The average molecular weight is 1120 g/mol. The van der Waals surface area contributed by atoms with Gasteiger partial charge in [0.2, 0.25) is 11.8 Å². The zero-order valence-electron chi connectivity index (χ0n) is 48.0. The molecule has 8 heterocycles. The highest BCUT2D eigenvalue weighted by molar-refractivity contribution is 6.07. The highest BCUT2D eigenvalue weighted by Gasteiger charge is 2.41. The Bertz CT molecular complexity index is 3540. The number of hydrogen-bond donors (Lipinski definition) is 2. The van der Waals surface area contributed by atoms with E-state index in [9.17, 15) is 17.6 Å². The van der Waals surface area contributed by atoms with Crippen LogP contribution in [0.3, 0.4) is 0 Å². The molecule has 20 heteroatoms. The number of aromatic nitrogens is 12. The third kappa shape index (κ3) is 11.0. The minimum absolute atomic E-state index is 0.0204. The molecule has 8 aromatic heterocycles. The molecule has 2 aromatic carbocycles. The predicted octanol–water partition coefficient (Wildman–Crippen LogP) is 11.5. The van der Waals surface area contributed by atoms with E-state index in [2.05, 4.69) is 98.7 Å². The minimum atomic E-state index is -2.61. The zero-order valence-corrected chi connectivity index (χ0v) is 48.0. The molecule has 0 amide bonds. The lowest BCUT2D eigenvalue weighted by molar-refractivity contribution is -0.0498. The van der Waals surface area contributed by atoms with Gasteiger partial charge in [-0.05, 0) is 113 Å². The minimum Gasteiger partial charge on any atom is -0.358 e. The molecule has 2 aliphatic carbocycles. The van der Waals surface area contributed by atoms with Crippen molar-refractivity contribution < 1.29 is 17.6 Å². The third-order valence-electron chi connectivity index (χ3n) is 16.9. The highest BCUT2D eigenvalue weighted by atomic mass is 19.3. The van der Waals surface area contributed by atoms with Gasteiger partial charge >= 0.3 is 0 Å². The molecule has 12 rings (SSSR count). The zero-order chi connectivity index (χ0) is 57.5. The van der Waals surface area contributed by atoms with Crippen LogP contribution in [-0.2, 0) is 14.1 Å². The first-order chi connectivity index (χ1) is 39.5. The van der Waals surface area contributed by atoms with Gasteiger partial charge in [0.25, 0.3) is 0 Å². The van der Waals surface area contributed by atoms with Crippen LogP contribution >= 0.6 is 0 Å². The van der Waals surface area contributed by atoms with Gasteiger partial charge in [-0.3, -0.25) is 9.97 Å². The topological polar surface area (TPSA) is 153 Å². The van der Waals surface area contributed by atoms with Gasteiger partial charge in [-0.1, -0.05) is 71.1 Å². The van der Waals surface area contributed by atoms with Crippen LogP contribution in [0.2, 0.25) is 0 Å². The summed E-state index contributed by atoms with van der Waals surface area (Å²) in [4.78, 5) is 24.6. The first-order valence-electron chi connectivity index (χ1n) is 28.5. The maximum Gasteiger partial charge on any atom is 0.248 e. The number of likely N-dealkylation sites (N-methyl/N-ethyl adjacent to an activating group) is 4. The molecular weight excluding hydrogens is 1040 g/mol. The Balaban J connectivity index is 0.000000172. The lowest BCUT2D eigenvalue weighted by atomic mass is 9.79. The smallest absolute Gasteiger partial charge is 0.248 e. The standard InChI is InChI=1S/2C31H36F2N8/c2*1-20-28(40(4)38-37-20)23-18-25-27(35-19-23)24-10-11-26(39(3)17-16-34-2)36-30(24)41(25)29(21-8-6-5-7-9-21)22-12-14-31(32,33)15-13-22/h2*5-11,18-19,22,29,34H,12-17H2,1-4H3. The SMILES string of the molecule is CNCCN(C)c1ccc2c3ncc(-c4c(C)nnn4C)cc3n(C(c3ccccc3)C3CCC(F)(F)CC3)c2n1.CNCCN(C)c1ccc2c3ncc(-c4c(C)nnn4C)cc3n(C(c3ccccc3)C3CCC(F)(F)CC3)c2n1. The van der Waals surface area contributed by atoms with Gasteiger partial charge in [0.1, 0.15) is 22.9 Å². The third-order valence-corrected chi connectivity index (χ3v) is 16.9. The molecule has 2 aliphatic rings. The Morgan fingerprint density at radius 2 is 0.939 bits per heavy atom. The maximum absolute atomic E-state index is 14.4. The van der Waals surface area contributed by atoms with Crippen LogP contribution in [0.4, 0.5) is 29.2 Å². The lowest BCUT2D eigenvalue weighted by Gasteiger charge is -2.35. The number of nitrogens with zero attached hydrogens (tertiary/aromatic N) is 14. The van der Waals surface area contributed by atoms with Gasteiger partial charge in [-0.25, -0.2) is 36.9 Å². The van der Waals surface area contributed by atoms with E-state index in [-0.39, 0.29) is 49.6 Å². The Morgan fingerprint density at radius 3 is 1.28 bits per heavy atom. The number of pyridine rings is 4. The molecule has 2 fully saturated rings. The van der Waals surface area contributed by atoms with Crippen molar-refractivity contribution in [2.24, 2.45) is 25.9 Å². The van der Waals surface area contributed by atoms with E-state index < -0.39 is 11.8 Å². The normalized spacial score (nSPS) is 16.4. The fourth-order valence-electron chi connectivity index (χ4n) is 12.6. The number of rotatable bonds is 16. The highest BCUT2D eigenvalue weighted by Crippen LogP contribution is 2.48. The van der Waals surface area contributed by atoms with Crippen molar-refractivity contribution in [3.63, 3.8) is 0 Å². The molecule has 0 radical (unpaired) electrons. The largest absolute Gasteiger partial charge is 0.358 e. The van der Waals surface area contributed by atoms with E-state index in [1.54, 1.807) is 9.36 Å². The van der Waals surface area contributed by atoms with Crippen LogP contribution in [0.15, 0.2) is 109 Å². The second kappa shape index (κ2) is 23.2. The Morgan fingerprint density at radius 1 is 0.561 bits per heavy atom. The number of fused-ring (bicyclic) bond motifs is 6. The van der Waals surface area contributed by atoms with Crippen molar-refractivity contribution in [1.82, 2.24) is 69.7 Å². The Hall–Kier alpha value is -7.84. The first-order valence-corrected chi connectivity index (χ1v) is 28.5. The summed E-state index contributed by atoms with van der Waals surface area (Å²) in [5.74, 6) is -3.48. The van der Waals surface area contributed by atoms with Crippen LogP contribution in [-0.4, -0.2) is 125 Å². The van der Waals surface area contributed by atoms with Gasteiger partial charge in [0.15, 0.2) is 0 Å². The molecule has 2 atom stereocenters. The van der Waals surface area contributed by atoms with Crippen LogP contribution in [0.5, 0.6) is 0 Å². The molecule has 0 spiro atoms. The van der Waals surface area contributed by atoms with Crippen LogP contribution < -0.4 is 20.4 Å². The summed E-state index contributed by atoms with van der Waals surface area (Å²) < 4.78 is 65.5. The number of hydrogen-bond acceptors (Lipinski definition) is 12. The molecule has 2 saturated carbocycles. The van der Waals surface area contributed by atoms with Gasteiger partial charge in [-0.15, -0.1) is 10.2 Å². The van der Waals surface area contributed by atoms with Crippen molar-refractivity contribution in [2.75, 3.05) is 64.2 Å². The molecule has 10 aromatic rings. The molecule has 0 aliphatic heterocycles. The summed E-state index contributed by atoms with van der Waals surface area (Å²) in [5.41, 5.74) is 12.5. The second-order valence-electron chi connectivity index (χ2n) is 22.4. The quantitative estimate of drug-likeness (QED) is 0.0886. The number of aryl methyl sites for hydroxylation is 4. The molecule has 82 heavy (non-hydrogen) atoms. The number of nitrogens with one attached hydrogen (secondary N) is 2. The van der Waals surface area contributed by atoms with Gasteiger partial charge < -0.3 is 29.6 Å². The molecular formula is C62H72F4N16. The maximum atomic E-state index is 14.4. The summed E-state index contributed by atoms with van der Waals surface area (Å²) in [6.45, 7) is 7.11. The lowest BCUT2D eigenvalue weighted by Crippen LogP contribution is -2.30. The fraction of sp³-hybridized carbons (Fsp3) is 0.419. The van der Waals surface area contributed by atoms with Crippen molar-refractivity contribution in [1.29, 1.82) is 0 Å². The second-order valence-corrected chi connectivity index (χ2v) is 22.4. The van der Waals surface area contributed by atoms with E-state index in [4.69, 9.17) is 19.9 Å². The van der Waals surface area contributed by atoms with Gasteiger partial charge in [0, 0.05) is 114 Å². The first kappa shape index (κ1) is 56.0. The fourth-order valence-corrected chi connectivity index (χ4v) is 12.6. The van der Waals surface area contributed by atoms with Gasteiger partial charge in [0.05, 0.1) is 56.9 Å². The summed E-state index contributed by atoms with van der Waals surface area (Å²) in [6.07, 6.45) is 5.06. The number of anilines is 2. The van der Waals surface area contributed by atoms with Crippen LogP contribution in [0, 0.1) is 25.7 Å². The molecule has 2 unspecified atom stereocenters. The van der Waals surface area contributed by atoms with Crippen molar-refractivity contribution in [3.05, 3.63) is 132 Å². The van der Waals surface area contributed by atoms with E-state index in [0.717, 1.165) is 127 Å². The predicted molar refractivity (Wildman–Crippen MR) is 317 cm³/mol. The van der Waals surface area contributed by atoms with Crippen molar-refractivity contribution >= 4 is 55.8 Å². The van der Waals surface area contributed by atoms with E-state index in [1.165, 1.54) is 0 Å². The number of benzene rings is 2. The molecule has 0 saturated heterocycles. The summed E-state index contributed by atoms with van der Waals surface area (Å²) in [7, 11) is 11.7. The summed E-state index contributed by atoms with van der Waals surface area (Å²) in [6, 6.07) is 32.6. The van der Waals surface area contributed by atoms with E-state index in [0.29, 0.717) is 25.7 Å².